The van der Waals surface area contributed by atoms with Crippen LogP contribution in [0, 0.1) is 26.8 Å². The van der Waals surface area contributed by atoms with Crippen molar-refractivity contribution >= 4 is 5.91 Å². The average molecular weight is 446 g/mol. The van der Waals surface area contributed by atoms with Gasteiger partial charge in [0.25, 0.3) is 11.5 Å². The fraction of sp³-hybridized carbons (Fsp3) is 0.346. The lowest BCUT2D eigenvalue weighted by Gasteiger charge is -2.26. The van der Waals surface area contributed by atoms with Crippen molar-refractivity contribution in [1.29, 1.82) is 0 Å². The molecular formula is C26H29N4O3. The Balaban J connectivity index is 1.47. The second-order valence-electron chi connectivity index (χ2n) is 8.48. The molecule has 0 aliphatic carbocycles. The summed E-state index contributed by atoms with van der Waals surface area (Å²) >= 11 is 0. The summed E-state index contributed by atoms with van der Waals surface area (Å²) in [5, 5.41) is 2.88. The van der Waals surface area contributed by atoms with Crippen LogP contribution in [0.2, 0.25) is 0 Å². The first-order chi connectivity index (χ1) is 15.9. The van der Waals surface area contributed by atoms with Crippen molar-refractivity contribution in [3.63, 3.8) is 0 Å². The highest BCUT2D eigenvalue weighted by Gasteiger charge is 2.14. The van der Waals surface area contributed by atoms with Crippen LogP contribution in [0.1, 0.15) is 38.4 Å². The van der Waals surface area contributed by atoms with E-state index in [9.17, 15) is 9.59 Å². The van der Waals surface area contributed by atoms with Gasteiger partial charge in [-0.15, -0.1) is 0 Å². The zero-order chi connectivity index (χ0) is 23.4. The fourth-order valence-electron chi connectivity index (χ4n) is 4.01. The Labute approximate surface area is 193 Å². The van der Waals surface area contributed by atoms with Crippen LogP contribution in [-0.4, -0.2) is 47.1 Å². The second kappa shape index (κ2) is 10.1. The summed E-state index contributed by atoms with van der Waals surface area (Å²) < 4.78 is 5.40. The molecule has 1 aromatic carbocycles. The Morgan fingerprint density at radius 1 is 1.18 bits per heavy atom. The third-order valence-corrected chi connectivity index (χ3v) is 5.96. The first kappa shape index (κ1) is 22.9. The lowest BCUT2D eigenvalue weighted by molar-refractivity contribution is 0.0336. The van der Waals surface area contributed by atoms with E-state index in [0.29, 0.717) is 11.1 Å². The predicted octanol–water partition coefficient (Wildman–Crippen LogP) is 2.92. The molecule has 1 aliphatic heterocycles. The molecule has 7 heteroatoms. The SMILES string of the molecule is Cc1cc(C)c(CNC(=O)c2cc(-c3ccc(CN4CCOCC4)nc3)c[c]c2C)c(=O)[nH]1. The van der Waals surface area contributed by atoms with Gasteiger partial charge < -0.3 is 15.0 Å². The van der Waals surface area contributed by atoms with Crippen LogP contribution in [0.25, 0.3) is 11.1 Å². The highest BCUT2D eigenvalue weighted by Crippen LogP contribution is 2.22. The van der Waals surface area contributed by atoms with Gasteiger partial charge in [-0.2, -0.15) is 0 Å². The largest absolute Gasteiger partial charge is 0.379 e. The molecule has 3 aromatic rings. The minimum atomic E-state index is -0.234. The Kier molecular flexibility index (Phi) is 7.01. The Morgan fingerprint density at radius 3 is 2.67 bits per heavy atom. The minimum absolute atomic E-state index is 0.168. The van der Waals surface area contributed by atoms with Gasteiger partial charge in [0, 0.05) is 54.8 Å². The van der Waals surface area contributed by atoms with Gasteiger partial charge in [0.05, 0.1) is 18.9 Å². The van der Waals surface area contributed by atoms with Crippen molar-refractivity contribution in [2.45, 2.75) is 33.9 Å². The molecule has 2 aromatic heterocycles. The molecule has 1 radical (unpaired) electrons. The zero-order valence-electron chi connectivity index (χ0n) is 19.3. The molecule has 33 heavy (non-hydrogen) atoms. The summed E-state index contributed by atoms with van der Waals surface area (Å²) in [5.74, 6) is -0.234. The van der Waals surface area contributed by atoms with Crippen LogP contribution < -0.4 is 10.9 Å². The van der Waals surface area contributed by atoms with Gasteiger partial charge in [-0.25, -0.2) is 0 Å². The number of carbonyl (C=O) groups excluding carboxylic acids is 1. The number of amides is 1. The second-order valence-corrected chi connectivity index (χ2v) is 8.48. The van der Waals surface area contributed by atoms with Gasteiger partial charge in [-0.1, -0.05) is 6.07 Å². The number of rotatable bonds is 6. The van der Waals surface area contributed by atoms with Crippen molar-refractivity contribution in [1.82, 2.24) is 20.2 Å². The fourth-order valence-corrected chi connectivity index (χ4v) is 4.01. The first-order valence-electron chi connectivity index (χ1n) is 11.2. The standard InChI is InChI=1S/C26H29N4O3/c1-17-4-5-20(21-6-7-22(27-14-21)16-30-8-10-33-11-9-30)13-23(17)25(31)28-15-24-18(2)12-19(3)29-26(24)32/h5-7,12-14H,8-11,15-16H2,1-3H3,(H,28,31)(H,29,32). The van der Waals surface area contributed by atoms with Crippen molar-refractivity contribution in [2.24, 2.45) is 0 Å². The Bertz CT molecular complexity index is 1200. The molecule has 1 saturated heterocycles. The van der Waals surface area contributed by atoms with E-state index in [-0.39, 0.29) is 18.0 Å². The lowest BCUT2D eigenvalue weighted by Crippen LogP contribution is -2.35. The Hall–Kier alpha value is -3.29. The molecule has 4 rings (SSSR count). The predicted molar refractivity (Wildman–Crippen MR) is 127 cm³/mol. The third-order valence-electron chi connectivity index (χ3n) is 5.96. The number of aryl methyl sites for hydroxylation is 3. The molecule has 0 atom stereocenters. The van der Waals surface area contributed by atoms with Gasteiger partial charge in [-0.05, 0) is 67.8 Å². The van der Waals surface area contributed by atoms with E-state index >= 15 is 0 Å². The molecule has 1 amide bonds. The molecule has 0 saturated carbocycles. The highest BCUT2D eigenvalue weighted by atomic mass is 16.5. The molecular weight excluding hydrogens is 416 g/mol. The summed E-state index contributed by atoms with van der Waals surface area (Å²) in [6.45, 7) is 9.90. The number of benzene rings is 1. The maximum atomic E-state index is 12.9. The number of carbonyl (C=O) groups is 1. The van der Waals surface area contributed by atoms with Gasteiger partial charge in [0.15, 0.2) is 0 Å². The van der Waals surface area contributed by atoms with Gasteiger partial charge in [-0.3, -0.25) is 19.5 Å². The minimum Gasteiger partial charge on any atom is -0.379 e. The number of aromatic nitrogens is 2. The maximum absolute atomic E-state index is 12.9. The number of nitrogens with one attached hydrogen (secondary N) is 2. The van der Waals surface area contributed by atoms with E-state index in [1.807, 2.05) is 57.3 Å². The van der Waals surface area contributed by atoms with Crippen molar-refractivity contribution in [3.05, 3.63) is 86.6 Å². The average Bonchev–Trinajstić information content (AvgIpc) is 2.80. The van der Waals surface area contributed by atoms with Gasteiger partial charge >= 0.3 is 0 Å². The molecule has 3 heterocycles. The van der Waals surface area contributed by atoms with E-state index in [4.69, 9.17) is 4.74 Å². The molecule has 0 bridgehead atoms. The summed E-state index contributed by atoms with van der Waals surface area (Å²) in [6.07, 6.45) is 1.84. The van der Waals surface area contributed by atoms with Crippen molar-refractivity contribution in [2.75, 3.05) is 26.3 Å². The molecule has 0 unspecified atom stereocenters. The highest BCUT2D eigenvalue weighted by molar-refractivity contribution is 5.96. The molecule has 7 nitrogen and oxygen atoms in total. The number of hydrogen-bond donors (Lipinski definition) is 2. The van der Waals surface area contributed by atoms with Crippen molar-refractivity contribution < 1.29 is 9.53 Å². The van der Waals surface area contributed by atoms with Crippen LogP contribution in [0.3, 0.4) is 0 Å². The quantitative estimate of drug-likeness (QED) is 0.609. The zero-order valence-corrected chi connectivity index (χ0v) is 19.3. The molecule has 2 N–H and O–H groups in total. The van der Waals surface area contributed by atoms with Crippen LogP contribution in [0.15, 0.2) is 41.3 Å². The number of pyridine rings is 2. The smallest absolute Gasteiger partial charge is 0.253 e. The van der Waals surface area contributed by atoms with Crippen LogP contribution >= 0.6 is 0 Å². The monoisotopic (exact) mass is 445 g/mol. The molecule has 0 spiro atoms. The number of H-pyrrole nitrogens is 1. The Morgan fingerprint density at radius 2 is 1.97 bits per heavy atom. The van der Waals surface area contributed by atoms with Gasteiger partial charge in [0.1, 0.15) is 0 Å². The van der Waals surface area contributed by atoms with E-state index < -0.39 is 0 Å². The van der Waals surface area contributed by atoms with Gasteiger partial charge in [0.2, 0.25) is 0 Å². The number of aromatic amines is 1. The maximum Gasteiger partial charge on any atom is 0.253 e. The molecule has 1 aliphatic rings. The van der Waals surface area contributed by atoms with Crippen LogP contribution in [0.5, 0.6) is 0 Å². The topological polar surface area (TPSA) is 87.3 Å². The van der Waals surface area contributed by atoms with E-state index in [1.165, 1.54) is 0 Å². The third kappa shape index (κ3) is 5.56. The van der Waals surface area contributed by atoms with E-state index in [1.54, 1.807) is 0 Å². The molecule has 1 fully saturated rings. The van der Waals surface area contributed by atoms with Crippen LogP contribution in [0.4, 0.5) is 0 Å². The first-order valence-corrected chi connectivity index (χ1v) is 11.2. The van der Waals surface area contributed by atoms with E-state index in [0.717, 1.165) is 66.5 Å². The summed E-state index contributed by atoms with van der Waals surface area (Å²) in [4.78, 5) is 34.9. The summed E-state index contributed by atoms with van der Waals surface area (Å²) in [6, 6.07) is 12.9. The number of hydrogen-bond acceptors (Lipinski definition) is 5. The summed E-state index contributed by atoms with van der Waals surface area (Å²) in [7, 11) is 0. The molecule has 171 valence electrons. The lowest BCUT2D eigenvalue weighted by atomic mass is 10.00. The normalized spacial score (nSPS) is 14.3. The van der Waals surface area contributed by atoms with E-state index in [2.05, 4.69) is 26.3 Å². The van der Waals surface area contributed by atoms with Crippen LogP contribution in [-0.2, 0) is 17.8 Å². The summed E-state index contributed by atoms with van der Waals surface area (Å²) in [5.41, 5.74) is 6.14. The number of nitrogens with zero attached hydrogens (tertiary/aromatic N) is 2. The number of ether oxygens (including phenoxy) is 1. The number of morpholine rings is 1. The van der Waals surface area contributed by atoms with Crippen molar-refractivity contribution in [3.8, 4) is 11.1 Å².